The highest BCUT2D eigenvalue weighted by molar-refractivity contribution is 5.98. The number of alkyl halides is 3. The second kappa shape index (κ2) is 6.82. The van der Waals surface area contributed by atoms with Crippen LogP contribution in [-0.2, 0) is 11.0 Å². The number of likely N-dealkylation sites (tertiary alicyclic amines) is 1. The summed E-state index contributed by atoms with van der Waals surface area (Å²) in [5.74, 6) is -0.895. The molecule has 1 unspecified atom stereocenters. The van der Waals surface area contributed by atoms with Gasteiger partial charge in [-0.1, -0.05) is 30.3 Å². The summed E-state index contributed by atoms with van der Waals surface area (Å²) in [5, 5.41) is 0. The van der Waals surface area contributed by atoms with Crippen molar-refractivity contribution < 1.29 is 22.8 Å². The highest BCUT2D eigenvalue weighted by Crippen LogP contribution is 2.37. The standard InChI is InChI=1S/C19H17F3N2O2/c20-19(21,22)15-5-2-1-4-14(15)12-7-9-13(10-8-12)18(26)24-11-3-6-16(24)17(23)25/h1-2,4-5,7-10,16H,3,6,11H2,(H2,23,25). The zero-order valence-electron chi connectivity index (χ0n) is 13.8. The smallest absolute Gasteiger partial charge is 0.368 e. The number of benzene rings is 2. The SMILES string of the molecule is NC(=O)C1CCCN1C(=O)c1ccc(-c2ccccc2C(F)(F)F)cc1. The van der Waals surface area contributed by atoms with Gasteiger partial charge in [0.2, 0.25) is 5.91 Å². The highest BCUT2D eigenvalue weighted by Gasteiger charge is 2.34. The molecule has 2 aromatic rings. The third-order valence-corrected chi connectivity index (χ3v) is 4.52. The Hall–Kier alpha value is -2.83. The summed E-state index contributed by atoms with van der Waals surface area (Å²) in [6, 6.07) is 10.6. The number of carbonyl (C=O) groups excluding carboxylic acids is 2. The van der Waals surface area contributed by atoms with Crippen molar-refractivity contribution >= 4 is 11.8 Å². The first-order chi connectivity index (χ1) is 12.3. The van der Waals surface area contributed by atoms with Gasteiger partial charge >= 0.3 is 6.18 Å². The molecule has 0 aromatic heterocycles. The molecule has 0 radical (unpaired) electrons. The molecule has 1 aliphatic heterocycles. The van der Waals surface area contributed by atoms with Crippen molar-refractivity contribution in [3.63, 3.8) is 0 Å². The highest BCUT2D eigenvalue weighted by atomic mass is 19.4. The predicted molar refractivity (Wildman–Crippen MR) is 90.1 cm³/mol. The van der Waals surface area contributed by atoms with Crippen LogP contribution in [0.4, 0.5) is 13.2 Å². The Morgan fingerprint density at radius 3 is 2.31 bits per heavy atom. The molecule has 3 rings (SSSR count). The lowest BCUT2D eigenvalue weighted by Gasteiger charge is -2.22. The molecule has 1 fully saturated rings. The fraction of sp³-hybridized carbons (Fsp3) is 0.263. The van der Waals surface area contributed by atoms with Gasteiger partial charge in [-0.2, -0.15) is 13.2 Å². The maximum Gasteiger partial charge on any atom is 0.417 e. The molecule has 2 amide bonds. The molecule has 0 bridgehead atoms. The third kappa shape index (κ3) is 3.42. The van der Waals surface area contributed by atoms with E-state index in [9.17, 15) is 22.8 Å². The number of carbonyl (C=O) groups is 2. The molecule has 0 spiro atoms. The van der Waals surface area contributed by atoms with Gasteiger partial charge in [-0.3, -0.25) is 9.59 Å². The van der Waals surface area contributed by atoms with E-state index in [1.807, 2.05) is 0 Å². The molecular weight excluding hydrogens is 345 g/mol. The van der Waals surface area contributed by atoms with E-state index in [2.05, 4.69) is 0 Å². The van der Waals surface area contributed by atoms with E-state index in [1.165, 1.54) is 47.4 Å². The minimum Gasteiger partial charge on any atom is -0.368 e. The number of primary amides is 1. The second-order valence-electron chi connectivity index (χ2n) is 6.18. The molecule has 4 nitrogen and oxygen atoms in total. The van der Waals surface area contributed by atoms with Crippen LogP contribution in [0.2, 0.25) is 0 Å². The lowest BCUT2D eigenvalue weighted by atomic mass is 9.98. The van der Waals surface area contributed by atoms with Gasteiger partial charge < -0.3 is 10.6 Å². The van der Waals surface area contributed by atoms with Crippen LogP contribution < -0.4 is 5.73 Å². The van der Waals surface area contributed by atoms with E-state index in [0.717, 1.165) is 6.07 Å². The minimum absolute atomic E-state index is 0.0511. The van der Waals surface area contributed by atoms with Crippen LogP contribution in [0.3, 0.4) is 0 Å². The number of rotatable bonds is 3. The molecular formula is C19H17F3N2O2. The van der Waals surface area contributed by atoms with Crippen LogP contribution >= 0.6 is 0 Å². The molecule has 1 atom stereocenters. The van der Waals surface area contributed by atoms with E-state index in [4.69, 9.17) is 5.73 Å². The summed E-state index contributed by atoms with van der Waals surface area (Å²) in [5.41, 5.74) is 5.32. The van der Waals surface area contributed by atoms with Gasteiger partial charge in [0.15, 0.2) is 0 Å². The van der Waals surface area contributed by atoms with Crippen molar-refractivity contribution in [2.24, 2.45) is 5.73 Å². The van der Waals surface area contributed by atoms with Crippen molar-refractivity contribution in [3.8, 4) is 11.1 Å². The Labute approximate surface area is 148 Å². The van der Waals surface area contributed by atoms with E-state index in [1.54, 1.807) is 0 Å². The first kappa shape index (κ1) is 18.0. The van der Waals surface area contributed by atoms with Gasteiger partial charge in [0.05, 0.1) is 5.56 Å². The number of hydrogen-bond donors (Lipinski definition) is 1. The van der Waals surface area contributed by atoms with Crippen LogP contribution in [0.15, 0.2) is 48.5 Å². The Kier molecular flexibility index (Phi) is 4.71. The summed E-state index contributed by atoms with van der Waals surface area (Å²) in [6.45, 7) is 0.436. The zero-order chi connectivity index (χ0) is 18.9. The minimum atomic E-state index is -4.46. The number of nitrogens with two attached hydrogens (primary N) is 1. The first-order valence-corrected chi connectivity index (χ1v) is 8.16. The lowest BCUT2D eigenvalue weighted by molar-refractivity contribution is -0.137. The van der Waals surface area contributed by atoms with E-state index < -0.39 is 23.7 Å². The number of hydrogen-bond acceptors (Lipinski definition) is 2. The van der Waals surface area contributed by atoms with Crippen molar-refractivity contribution in [1.82, 2.24) is 4.90 Å². The predicted octanol–water partition coefficient (Wildman–Crippen LogP) is 3.46. The Morgan fingerprint density at radius 2 is 1.69 bits per heavy atom. The Bertz CT molecular complexity index is 831. The third-order valence-electron chi connectivity index (χ3n) is 4.52. The van der Waals surface area contributed by atoms with Crippen LogP contribution in [0.1, 0.15) is 28.8 Å². The Morgan fingerprint density at radius 1 is 1.04 bits per heavy atom. The normalized spacial score (nSPS) is 17.3. The summed E-state index contributed by atoms with van der Waals surface area (Å²) >= 11 is 0. The zero-order valence-corrected chi connectivity index (χ0v) is 13.8. The van der Waals surface area contributed by atoms with Gasteiger partial charge in [-0.25, -0.2) is 0 Å². The summed E-state index contributed by atoms with van der Waals surface area (Å²) in [4.78, 5) is 25.4. The average molecular weight is 362 g/mol. The molecule has 0 saturated carbocycles. The summed E-state index contributed by atoms with van der Waals surface area (Å²) in [6.07, 6.45) is -3.25. The molecule has 0 aliphatic carbocycles. The monoisotopic (exact) mass is 362 g/mol. The van der Waals surface area contributed by atoms with Gasteiger partial charge in [-0.15, -0.1) is 0 Å². The number of amides is 2. The van der Waals surface area contributed by atoms with Crippen molar-refractivity contribution in [2.45, 2.75) is 25.1 Å². The summed E-state index contributed by atoms with van der Waals surface area (Å²) < 4.78 is 39.5. The van der Waals surface area contributed by atoms with Crippen LogP contribution in [-0.4, -0.2) is 29.3 Å². The van der Waals surface area contributed by atoms with Gasteiger partial charge in [0, 0.05) is 12.1 Å². The molecule has 2 N–H and O–H groups in total. The van der Waals surface area contributed by atoms with E-state index in [-0.39, 0.29) is 11.5 Å². The largest absolute Gasteiger partial charge is 0.417 e. The molecule has 136 valence electrons. The topological polar surface area (TPSA) is 63.4 Å². The van der Waals surface area contributed by atoms with Crippen molar-refractivity contribution in [2.75, 3.05) is 6.54 Å². The van der Waals surface area contributed by atoms with Crippen LogP contribution in [0, 0.1) is 0 Å². The maximum absolute atomic E-state index is 13.2. The molecule has 26 heavy (non-hydrogen) atoms. The van der Waals surface area contributed by atoms with Crippen molar-refractivity contribution in [3.05, 3.63) is 59.7 Å². The number of nitrogens with zero attached hydrogens (tertiary/aromatic N) is 1. The molecule has 1 saturated heterocycles. The fourth-order valence-electron chi connectivity index (χ4n) is 3.25. The van der Waals surface area contributed by atoms with Gasteiger partial charge in [0.1, 0.15) is 6.04 Å². The summed E-state index contributed by atoms with van der Waals surface area (Å²) in [7, 11) is 0. The van der Waals surface area contributed by atoms with Gasteiger partial charge in [-0.05, 0) is 42.2 Å². The molecule has 1 heterocycles. The first-order valence-electron chi connectivity index (χ1n) is 8.16. The molecule has 7 heteroatoms. The fourth-order valence-corrected chi connectivity index (χ4v) is 3.25. The van der Waals surface area contributed by atoms with Crippen LogP contribution in [0.5, 0.6) is 0 Å². The average Bonchev–Trinajstić information content (AvgIpc) is 3.10. The van der Waals surface area contributed by atoms with E-state index in [0.29, 0.717) is 30.5 Å². The van der Waals surface area contributed by atoms with Gasteiger partial charge in [0.25, 0.3) is 5.91 Å². The lowest BCUT2D eigenvalue weighted by Crippen LogP contribution is -2.43. The maximum atomic E-state index is 13.2. The van der Waals surface area contributed by atoms with Crippen LogP contribution in [0.25, 0.3) is 11.1 Å². The molecule has 1 aliphatic rings. The van der Waals surface area contributed by atoms with E-state index >= 15 is 0 Å². The van der Waals surface area contributed by atoms with Crippen molar-refractivity contribution in [1.29, 1.82) is 0 Å². The number of halogens is 3. The quantitative estimate of drug-likeness (QED) is 0.909. The molecule has 2 aromatic carbocycles. The second-order valence-corrected chi connectivity index (χ2v) is 6.18. The Balaban J connectivity index is 1.88.